The third-order valence-corrected chi connectivity index (χ3v) is 7.13. The SMILES string of the molecule is CCSCCCCCCCCCCCC(=O)OC[C@H]1O[C@@H](n2cc(C)c(=O)[nH]c2=O)C[C@@H]1N=[N+]=[N-]. The molecule has 2 rings (SSSR count). The Kier molecular flexibility index (Phi) is 13.6. The molecule has 1 aliphatic rings. The van der Waals surface area contributed by atoms with E-state index < -0.39 is 29.6 Å². The number of thioether (sulfide) groups is 1. The van der Waals surface area contributed by atoms with Gasteiger partial charge in [0.1, 0.15) is 18.9 Å². The minimum absolute atomic E-state index is 0.0487. The largest absolute Gasteiger partial charge is 0.463 e. The Morgan fingerprint density at radius 1 is 1.20 bits per heavy atom. The van der Waals surface area contributed by atoms with Crippen LogP contribution < -0.4 is 11.2 Å². The molecular formula is C24H39N5O5S. The Hall–Kier alpha value is -2.23. The van der Waals surface area contributed by atoms with Crippen molar-refractivity contribution in [3.63, 3.8) is 0 Å². The number of ether oxygens (including phenoxy) is 2. The summed E-state index contributed by atoms with van der Waals surface area (Å²) in [5, 5.41) is 3.74. The van der Waals surface area contributed by atoms with Crippen molar-refractivity contribution in [2.24, 2.45) is 5.11 Å². The Morgan fingerprint density at radius 2 is 1.86 bits per heavy atom. The topological polar surface area (TPSA) is 139 Å². The first-order chi connectivity index (χ1) is 17.0. The van der Waals surface area contributed by atoms with Gasteiger partial charge in [-0.3, -0.25) is 19.1 Å². The Bertz CT molecular complexity index is 943. The van der Waals surface area contributed by atoms with Gasteiger partial charge in [-0.1, -0.05) is 57.0 Å². The van der Waals surface area contributed by atoms with Crippen LogP contribution in [0.15, 0.2) is 20.9 Å². The van der Waals surface area contributed by atoms with Crippen LogP contribution in [0.4, 0.5) is 0 Å². The van der Waals surface area contributed by atoms with Crippen molar-refractivity contribution < 1.29 is 14.3 Å². The zero-order valence-electron chi connectivity index (χ0n) is 20.9. The monoisotopic (exact) mass is 509 g/mol. The second kappa shape index (κ2) is 16.4. The van der Waals surface area contributed by atoms with Crippen LogP contribution in [0.3, 0.4) is 0 Å². The molecule has 1 saturated heterocycles. The number of unbranched alkanes of at least 4 members (excludes halogenated alkanes) is 8. The number of aromatic amines is 1. The van der Waals surface area contributed by atoms with Gasteiger partial charge in [0.25, 0.3) is 5.56 Å². The van der Waals surface area contributed by atoms with E-state index in [2.05, 4.69) is 21.9 Å². The number of nitrogens with one attached hydrogen (secondary N) is 1. The van der Waals surface area contributed by atoms with Crippen LogP contribution in [0.1, 0.15) is 89.3 Å². The van der Waals surface area contributed by atoms with Crippen LogP contribution in [0.5, 0.6) is 0 Å². The number of aryl methyl sites for hydroxylation is 1. The van der Waals surface area contributed by atoms with Gasteiger partial charge in [-0.25, -0.2) is 4.79 Å². The van der Waals surface area contributed by atoms with Gasteiger partial charge in [0, 0.05) is 29.5 Å². The maximum absolute atomic E-state index is 12.2. The molecule has 0 bridgehead atoms. The van der Waals surface area contributed by atoms with Gasteiger partial charge in [0.05, 0.1) is 6.04 Å². The molecule has 35 heavy (non-hydrogen) atoms. The average Bonchev–Trinajstić information content (AvgIpc) is 3.23. The number of carbonyl (C=O) groups is 1. The standard InChI is InChI=1S/C24H39N5O5S/c1-3-35-14-12-10-8-6-4-5-7-9-11-13-22(30)33-17-20-19(27-28-25)15-21(34-20)29-16-18(2)23(31)26-24(29)32/h16,19-21H,3-15,17H2,1-2H3,(H,26,31,32)/t19-,20+,21+/m0/s1. The van der Waals surface area contributed by atoms with Crippen LogP contribution in [0.25, 0.3) is 10.4 Å². The number of H-pyrrole nitrogens is 1. The quantitative estimate of drug-likeness (QED) is 0.103. The number of aromatic nitrogens is 2. The number of carbonyl (C=O) groups excluding carboxylic acids is 1. The van der Waals surface area contributed by atoms with E-state index in [1.807, 2.05) is 11.8 Å². The molecule has 0 aromatic carbocycles. The first-order valence-electron chi connectivity index (χ1n) is 12.7. The highest BCUT2D eigenvalue weighted by Gasteiger charge is 2.37. The molecule has 0 unspecified atom stereocenters. The lowest BCUT2D eigenvalue weighted by Crippen LogP contribution is -2.33. The van der Waals surface area contributed by atoms with Crippen molar-refractivity contribution in [2.75, 3.05) is 18.1 Å². The molecule has 0 radical (unpaired) electrons. The van der Waals surface area contributed by atoms with E-state index in [0.717, 1.165) is 19.3 Å². The molecule has 1 aromatic rings. The average molecular weight is 510 g/mol. The Labute approximate surface area is 210 Å². The normalized spacial score (nSPS) is 19.4. The number of hydrogen-bond donors (Lipinski definition) is 1. The van der Waals surface area contributed by atoms with Gasteiger partial charge in [-0.15, -0.1) is 0 Å². The van der Waals surface area contributed by atoms with Crippen LogP contribution in [-0.4, -0.2) is 45.8 Å². The molecule has 0 saturated carbocycles. The molecule has 196 valence electrons. The number of rotatable bonds is 17. The minimum atomic E-state index is -0.715. The Morgan fingerprint density at radius 3 is 2.51 bits per heavy atom. The third-order valence-electron chi connectivity index (χ3n) is 6.14. The molecule has 1 aliphatic heterocycles. The molecule has 0 amide bonds. The van der Waals surface area contributed by atoms with E-state index in [4.69, 9.17) is 15.0 Å². The van der Waals surface area contributed by atoms with Gasteiger partial charge < -0.3 is 9.47 Å². The number of esters is 1. The summed E-state index contributed by atoms with van der Waals surface area (Å²) in [6, 6.07) is -0.581. The van der Waals surface area contributed by atoms with E-state index in [-0.39, 0.29) is 19.0 Å². The molecule has 1 fully saturated rings. The van der Waals surface area contributed by atoms with Crippen molar-refractivity contribution in [1.82, 2.24) is 9.55 Å². The summed E-state index contributed by atoms with van der Waals surface area (Å²) in [7, 11) is 0. The second-order valence-electron chi connectivity index (χ2n) is 8.93. The van der Waals surface area contributed by atoms with Crippen molar-refractivity contribution in [2.45, 2.75) is 103 Å². The molecule has 0 spiro atoms. The van der Waals surface area contributed by atoms with Crippen LogP contribution in [0, 0.1) is 6.92 Å². The number of nitrogens with zero attached hydrogens (tertiary/aromatic N) is 4. The maximum Gasteiger partial charge on any atom is 0.330 e. The fraction of sp³-hybridized carbons (Fsp3) is 0.792. The van der Waals surface area contributed by atoms with Crippen LogP contribution in [0.2, 0.25) is 0 Å². The van der Waals surface area contributed by atoms with E-state index in [1.165, 1.54) is 60.8 Å². The van der Waals surface area contributed by atoms with Gasteiger partial charge in [0.2, 0.25) is 0 Å². The smallest absolute Gasteiger partial charge is 0.330 e. The van der Waals surface area contributed by atoms with Crippen molar-refractivity contribution >= 4 is 17.7 Å². The molecule has 0 aliphatic carbocycles. The summed E-state index contributed by atoms with van der Waals surface area (Å²) in [4.78, 5) is 41.0. The molecule has 1 aromatic heterocycles. The van der Waals surface area contributed by atoms with Gasteiger partial charge >= 0.3 is 11.7 Å². The first kappa shape index (κ1) is 29.0. The van der Waals surface area contributed by atoms with Crippen molar-refractivity contribution in [3.05, 3.63) is 43.0 Å². The molecule has 3 atom stereocenters. The summed E-state index contributed by atoms with van der Waals surface area (Å²) in [6.07, 6.45) is 11.3. The highest BCUT2D eigenvalue weighted by Crippen LogP contribution is 2.30. The summed E-state index contributed by atoms with van der Waals surface area (Å²) in [6.45, 7) is 3.74. The molecule has 11 heteroatoms. The summed E-state index contributed by atoms with van der Waals surface area (Å²) in [5.41, 5.74) is 8.17. The maximum atomic E-state index is 12.2. The number of hydrogen-bond acceptors (Lipinski definition) is 7. The zero-order valence-corrected chi connectivity index (χ0v) is 21.8. The van der Waals surface area contributed by atoms with Crippen LogP contribution >= 0.6 is 11.8 Å². The van der Waals surface area contributed by atoms with E-state index in [0.29, 0.717) is 12.0 Å². The predicted molar refractivity (Wildman–Crippen MR) is 138 cm³/mol. The lowest BCUT2D eigenvalue weighted by atomic mass is 10.1. The predicted octanol–water partition coefficient (Wildman–Crippen LogP) is 5.01. The fourth-order valence-electron chi connectivity index (χ4n) is 4.13. The Balaban J connectivity index is 1.63. The molecule has 2 heterocycles. The lowest BCUT2D eigenvalue weighted by Gasteiger charge is -2.17. The van der Waals surface area contributed by atoms with E-state index in [1.54, 1.807) is 6.92 Å². The highest BCUT2D eigenvalue weighted by atomic mass is 32.2. The van der Waals surface area contributed by atoms with Crippen molar-refractivity contribution in [3.8, 4) is 0 Å². The van der Waals surface area contributed by atoms with Gasteiger partial charge in [0.15, 0.2) is 0 Å². The van der Waals surface area contributed by atoms with E-state index >= 15 is 0 Å². The van der Waals surface area contributed by atoms with Gasteiger partial charge in [-0.05, 0) is 36.8 Å². The minimum Gasteiger partial charge on any atom is -0.463 e. The van der Waals surface area contributed by atoms with Crippen LogP contribution in [-0.2, 0) is 14.3 Å². The first-order valence-corrected chi connectivity index (χ1v) is 13.9. The fourth-order valence-corrected chi connectivity index (χ4v) is 4.82. The van der Waals surface area contributed by atoms with Crippen molar-refractivity contribution in [1.29, 1.82) is 0 Å². The molecule has 1 N–H and O–H groups in total. The van der Waals surface area contributed by atoms with E-state index in [9.17, 15) is 14.4 Å². The lowest BCUT2D eigenvalue weighted by molar-refractivity contribution is -0.148. The number of azide groups is 1. The zero-order chi connectivity index (χ0) is 25.5. The highest BCUT2D eigenvalue weighted by molar-refractivity contribution is 7.99. The molecule has 10 nitrogen and oxygen atoms in total. The third kappa shape index (κ3) is 10.5. The summed E-state index contributed by atoms with van der Waals surface area (Å²) in [5.74, 6) is 2.18. The van der Waals surface area contributed by atoms with Gasteiger partial charge in [-0.2, -0.15) is 11.8 Å². The summed E-state index contributed by atoms with van der Waals surface area (Å²) >= 11 is 2.01. The summed E-state index contributed by atoms with van der Waals surface area (Å²) < 4.78 is 12.5. The molecular weight excluding hydrogens is 470 g/mol. The second-order valence-corrected chi connectivity index (χ2v) is 10.3.